The minimum atomic E-state index is 0.382. The summed E-state index contributed by atoms with van der Waals surface area (Å²) in [6.45, 7) is 10.7. The summed E-state index contributed by atoms with van der Waals surface area (Å²) in [5.41, 5.74) is 0. The van der Waals surface area contributed by atoms with E-state index in [1.165, 1.54) is 0 Å². The molecule has 0 radical (unpaired) electrons. The number of rotatable bonds is 7. The van der Waals surface area contributed by atoms with Crippen LogP contribution in [0.3, 0.4) is 0 Å². The molecule has 0 rings (SSSR count). The highest BCUT2D eigenvalue weighted by Crippen LogP contribution is 2.10. The van der Waals surface area contributed by atoms with Crippen LogP contribution in [0.15, 0.2) is 12.7 Å². The van der Waals surface area contributed by atoms with Gasteiger partial charge in [0, 0.05) is 6.10 Å². The van der Waals surface area contributed by atoms with Gasteiger partial charge in [-0.25, -0.2) is 0 Å². The molecule has 0 saturated carbocycles. The molecule has 1 unspecified atom stereocenters. The van der Waals surface area contributed by atoms with E-state index in [0.29, 0.717) is 13.0 Å². The van der Waals surface area contributed by atoms with Gasteiger partial charge in [-0.3, -0.25) is 0 Å². The van der Waals surface area contributed by atoms with E-state index in [0.717, 1.165) is 25.5 Å². The van der Waals surface area contributed by atoms with Crippen LogP contribution in [-0.2, 0) is 4.65 Å². The highest BCUT2D eigenvalue weighted by Gasteiger charge is 2.14. The van der Waals surface area contributed by atoms with Crippen molar-refractivity contribution in [1.82, 2.24) is 0 Å². The molecule has 0 aliphatic heterocycles. The van der Waals surface area contributed by atoms with E-state index in [9.17, 15) is 0 Å². The van der Waals surface area contributed by atoms with Crippen molar-refractivity contribution in [3.63, 3.8) is 0 Å². The smallest absolute Gasteiger partial charge is 0.292 e. The first-order valence-corrected chi connectivity index (χ1v) is 5.04. The van der Waals surface area contributed by atoms with E-state index >= 15 is 0 Å². The minimum absolute atomic E-state index is 0.382. The highest BCUT2D eigenvalue weighted by molar-refractivity contribution is 6.51. The van der Waals surface area contributed by atoms with Crippen LogP contribution in [0.2, 0.25) is 12.6 Å². The Kier molecular flexibility index (Phi) is 7.27. The molecule has 0 saturated heterocycles. The molecule has 0 spiro atoms. The van der Waals surface area contributed by atoms with E-state index in [4.69, 9.17) is 4.65 Å². The molecule has 1 nitrogen and oxygen atoms in total. The Morgan fingerprint density at radius 3 is 2.25 bits per heavy atom. The molecule has 0 aliphatic carbocycles. The molecular formula is C10H21BO. The lowest BCUT2D eigenvalue weighted by Gasteiger charge is -2.19. The van der Waals surface area contributed by atoms with Crippen molar-refractivity contribution in [2.24, 2.45) is 0 Å². The van der Waals surface area contributed by atoms with Gasteiger partial charge in [0.2, 0.25) is 0 Å². The second-order valence-electron chi connectivity index (χ2n) is 3.13. The quantitative estimate of drug-likeness (QED) is 0.418. The molecule has 0 bridgehead atoms. The normalized spacial score (nSPS) is 12.6. The maximum Gasteiger partial charge on any atom is 0.292 e. The summed E-state index contributed by atoms with van der Waals surface area (Å²) in [6, 6.07) is 0. The first kappa shape index (κ1) is 11.8. The summed E-state index contributed by atoms with van der Waals surface area (Å²) in [6.07, 6.45) is 6.62. The lowest BCUT2D eigenvalue weighted by Crippen LogP contribution is -2.23. The van der Waals surface area contributed by atoms with E-state index in [1.54, 1.807) is 0 Å². The third-order valence-electron chi connectivity index (χ3n) is 2.18. The number of hydrogen-bond donors (Lipinski definition) is 0. The summed E-state index contributed by atoms with van der Waals surface area (Å²) in [5, 5.41) is 0. The zero-order valence-corrected chi connectivity index (χ0v) is 8.68. The van der Waals surface area contributed by atoms with Gasteiger partial charge in [-0.1, -0.05) is 39.5 Å². The standard InChI is InChI=1S/C10H21BO/c1-5-9-10(6-2)12-11(7-3)8-4/h5,10H,1,6-9H2,2-4H3. The molecule has 0 amide bonds. The molecule has 0 aromatic carbocycles. The Morgan fingerprint density at radius 2 is 1.92 bits per heavy atom. The van der Waals surface area contributed by atoms with Crippen LogP contribution in [0.25, 0.3) is 0 Å². The van der Waals surface area contributed by atoms with E-state index in [2.05, 4.69) is 27.4 Å². The first-order chi connectivity index (χ1) is 5.78. The van der Waals surface area contributed by atoms with Crippen molar-refractivity contribution >= 4 is 6.92 Å². The average molecular weight is 168 g/mol. The Morgan fingerprint density at radius 1 is 1.33 bits per heavy atom. The molecule has 0 aliphatic rings. The lowest BCUT2D eigenvalue weighted by molar-refractivity contribution is 0.199. The second-order valence-corrected chi connectivity index (χ2v) is 3.13. The maximum atomic E-state index is 5.87. The zero-order valence-electron chi connectivity index (χ0n) is 8.68. The summed E-state index contributed by atoms with van der Waals surface area (Å²) in [5.74, 6) is 0. The Labute approximate surface area is 77.3 Å². The maximum absolute atomic E-state index is 5.87. The third-order valence-corrected chi connectivity index (χ3v) is 2.18. The summed E-state index contributed by atoms with van der Waals surface area (Å²) >= 11 is 0. The molecule has 70 valence electrons. The van der Waals surface area contributed by atoms with Crippen molar-refractivity contribution in [3.8, 4) is 0 Å². The van der Waals surface area contributed by atoms with Crippen LogP contribution in [0, 0.1) is 0 Å². The van der Waals surface area contributed by atoms with Gasteiger partial charge in [-0.2, -0.15) is 0 Å². The van der Waals surface area contributed by atoms with E-state index in [1.807, 2.05) is 6.08 Å². The fraction of sp³-hybridized carbons (Fsp3) is 0.800. The largest absolute Gasteiger partial charge is 0.433 e. The van der Waals surface area contributed by atoms with Gasteiger partial charge in [-0.05, 0) is 12.8 Å². The molecule has 12 heavy (non-hydrogen) atoms. The molecule has 0 fully saturated rings. The zero-order chi connectivity index (χ0) is 9.40. The van der Waals surface area contributed by atoms with Crippen LogP contribution in [0.1, 0.15) is 33.6 Å². The molecule has 2 heteroatoms. The molecule has 0 aromatic heterocycles. The van der Waals surface area contributed by atoms with Crippen molar-refractivity contribution in [2.75, 3.05) is 0 Å². The van der Waals surface area contributed by atoms with Crippen molar-refractivity contribution in [3.05, 3.63) is 12.7 Å². The van der Waals surface area contributed by atoms with Gasteiger partial charge in [0.15, 0.2) is 0 Å². The Hall–Kier alpha value is -0.235. The van der Waals surface area contributed by atoms with Gasteiger partial charge in [0.25, 0.3) is 6.92 Å². The molecule has 0 N–H and O–H groups in total. The summed E-state index contributed by atoms with van der Waals surface area (Å²) in [4.78, 5) is 0. The van der Waals surface area contributed by atoms with Gasteiger partial charge >= 0.3 is 0 Å². The minimum Gasteiger partial charge on any atom is -0.433 e. The van der Waals surface area contributed by atoms with Crippen LogP contribution in [0.4, 0.5) is 0 Å². The average Bonchev–Trinajstić information content (AvgIpc) is 2.12. The van der Waals surface area contributed by atoms with E-state index < -0.39 is 0 Å². The van der Waals surface area contributed by atoms with Gasteiger partial charge < -0.3 is 4.65 Å². The number of hydrogen-bond acceptors (Lipinski definition) is 1. The summed E-state index contributed by atoms with van der Waals surface area (Å²) < 4.78 is 5.87. The third kappa shape index (κ3) is 4.60. The predicted molar refractivity (Wildman–Crippen MR) is 56.7 cm³/mol. The fourth-order valence-corrected chi connectivity index (χ4v) is 1.26. The highest BCUT2D eigenvalue weighted by atomic mass is 16.4. The van der Waals surface area contributed by atoms with E-state index in [-0.39, 0.29) is 0 Å². The first-order valence-electron chi connectivity index (χ1n) is 5.04. The molecule has 0 heterocycles. The molecule has 0 aromatic rings. The molecular weight excluding hydrogens is 147 g/mol. The monoisotopic (exact) mass is 168 g/mol. The van der Waals surface area contributed by atoms with Crippen molar-refractivity contribution in [1.29, 1.82) is 0 Å². The van der Waals surface area contributed by atoms with Crippen LogP contribution >= 0.6 is 0 Å². The van der Waals surface area contributed by atoms with Crippen LogP contribution < -0.4 is 0 Å². The van der Waals surface area contributed by atoms with Gasteiger partial charge in [0.1, 0.15) is 0 Å². The predicted octanol–water partition coefficient (Wildman–Crippen LogP) is 3.39. The van der Waals surface area contributed by atoms with Crippen molar-refractivity contribution < 1.29 is 4.65 Å². The van der Waals surface area contributed by atoms with Gasteiger partial charge in [0.05, 0.1) is 0 Å². The lowest BCUT2D eigenvalue weighted by atomic mass is 9.62. The Balaban J connectivity index is 3.73. The Bertz CT molecular complexity index is 110. The van der Waals surface area contributed by atoms with Crippen molar-refractivity contribution in [2.45, 2.75) is 52.4 Å². The second kappa shape index (κ2) is 7.42. The fourth-order valence-electron chi connectivity index (χ4n) is 1.26. The van der Waals surface area contributed by atoms with Gasteiger partial charge in [-0.15, -0.1) is 6.58 Å². The topological polar surface area (TPSA) is 9.23 Å². The van der Waals surface area contributed by atoms with Crippen LogP contribution in [0.5, 0.6) is 0 Å². The summed E-state index contributed by atoms with van der Waals surface area (Å²) in [7, 11) is 0. The SMILES string of the molecule is C=CCC(CC)OB(CC)CC. The molecule has 1 atom stereocenters. The van der Waals surface area contributed by atoms with Crippen LogP contribution in [-0.4, -0.2) is 13.0 Å².